The number of amides is 1. The molecule has 9 nitrogen and oxygen atoms in total. The Kier molecular flexibility index (Phi) is 6.03. The molecule has 3 aromatic rings. The molecule has 10 heteroatoms. The molecule has 0 aliphatic rings. The molecule has 0 fully saturated rings. The molecule has 3 rings (SSSR count). The Labute approximate surface area is 169 Å². The molecule has 0 radical (unpaired) electrons. The van der Waals surface area contributed by atoms with Crippen molar-refractivity contribution in [2.45, 2.75) is 13.5 Å². The van der Waals surface area contributed by atoms with Crippen LogP contribution in [0.5, 0.6) is 5.75 Å². The summed E-state index contributed by atoms with van der Waals surface area (Å²) in [6.07, 6.45) is 0. The van der Waals surface area contributed by atoms with Crippen molar-refractivity contribution in [2.75, 3.05) is 13.7 Å². The molecule has 1 amide bonds. The molecule has 0 saturated heterocycles. The first-order chi connectivity index (χ1) is 14.0. The quantitative estimate of drug-likeness (QED) is 0.347. The zero-order chi connectivity index (χ0) is 21.0. The molecule has 0 atom stereocenters. The van der Waals surface area contributed by atoms with Gasteiger partial charge in [0.25, 0.3) is 11.6 Å². The Morgan fingerprint density at radius 1 is 1.21 bits per heavy atom. The topological polar surface area (TPSA) is 113 Å². The fraction of sp³-hybridized carbons (Fsp3) is 0.211. The summed E-state index contributed by atoms with van der Waals surface area (Å²) < 4.78 is 12.7. The molecule has 0 bridgehead atoms. The summed E-state index contributed by atoms with van der Waals surface area (Å²) in [6.45, 7) is 1.72. The van der Waals surface area contributed by atoms with Gasteiger partial charge in [-0.15, -0.1) is 0 Å². The van der Waals surface area contributed by atoms with Crippen LogP contribution in [0.15, 0.2) is 47.5 Å². The molecule has 0 N–H and O–H groups in total. The summed E-state index contributed by atoms with van der Waals surface area (Å²) >= 11 is 1.17. The highest BCUT2D eigenvalue weighted by Gasteiger charge is 2.20. The Morgan fingerprint density at radius 2 is 1.97 bits per heavy atom. The molecular formula is C19H17N3O6S. The van der Waals surface area contributed by atoms with Crippen LogP contribution >= 0.6 is 11.3 Å². The number of hydrogen-bond donors (Lipinski definition) is 0. The van der Waals surface area contributed by atoms with Crippen molar-refractivity contribution in [3.63, 3.8) is 0 Å². The molecule has 0 saturated carbocycles. The first-order valence-electron chi connectivity index (χ1n) is 8.60. The van der Waals surface area contributed by atoms with Crippen molar-refractivity contribution < 1.29 is 24.0 Å². The largest absolute Gasteiger partial charge is 0.495 e. The van der Waals surface area contributed by atoms with Crippen LogP contribution in [0.1, 0.15) is 17.3 Å². The summed E-state index contributed by atoms with van der Waals surface area (Å²) in [5.74, 6) is -0.777. The van der Waals surface area contributed by atoms with Crippen LogP contribution in [0.4, 0.5) is 5.69 Å². The van der Waals surface area contributed by atoms with Crippen molar-refractivity contribution in [1.82, 2.24) is 4.57 Å². The number of nitrogens with zero attached hydrogens (tertiary/aromatic N) is 3. The lowest BCUT2D eigenvalue weighted by Gasteiger charge is -2.08. The van der Waals surface area contributed by atoms with Gasteiger partial charge in [0.15, 0.2) is 4.80 Å². The Hall–Kier alpha value is -3.53. The predicted octanol–water partition coefficient (Wildman–Crippen LogP) is 2.92. The second kappa shape index (κ2) is 8.65. The van der Waals surface area contributed by atoms with Gasteiger partial charge in [-0.2, -0.15) is 4.99 Å². The lowest BCUT2D eigenvalue weighted by Crippen LogP contribution is -2.23. The SMILES string of the molecule is CCOC(=O)Cn1c(=NC(=O)c2ccccc2[N+](=O)[O-])sc2cccc(OC)c21. The van der Waals surface area contributed by atoms with Gasteiger partial charge in [0, 0.05) is 6.07 Å². The van der Waals surface area contributed by atoms with Crippen molar-refractivity contribution >= 4 is 39.1 Å². The van der Waals surface area contributed by atoms with Crippen LogP contribution < -0.4 is 9.54 Å². The van der Waals surface area contributed by atoms with E-state index in [9.17, 15) is 19.7 Å². The van der Waals surface area contributed by atoms with Gasteiger partial charge in [0.05, 0.1) is 23.3 Å². The minimum Gasteiger partial charge on any atom is -0.495 e. The van der Waals surface area contributed by atoms with E-state index in [-0.39, 0.29) is 29.2 Å². The van der Waals surface area contributed by atoms with E-state index < -0.39 is 16.8 Å². The van der Waals surface area contributed by atoms with Crippen molar-refractivity contribution in [3.8, 4) is 5.75 Å². The predicted molar refractivity (Wildman–Crippen MR) is 106 cm³/mol. The number of methoxy groups -OCH3 is 1. The van der Waals surface area contributed by atoms with Crippen LogP contribution in [-0.2, 0) is 16.1 Å². The molecule has 0 unspecified atom stereocenters. The van der Waals surface area contributed by atoms with Crippen LogP contribution in [0.3, 0.4) is 0 Å². The second-order valence-electron chi connectivity index (χ2n) is 5.77. The monoisotopic (exact) mass is 415 g/mol. The average Bonchev–Trinajstić information content (AvgIpc) is 3.05. The van der Waals surface area contributed by atoms with E-state index in [1.165, 1.54) is 47.3 Å². The van der Waals surface area contributed by atoms with Gasteiger partial charge in [-0.3, -0.25) is 19.7 Å². The van der Waals surface area contributed by atoms with Gasteiger partial charge in [0.1, 0.15) is 23.4 Å². The number of nitro benzene ring substituents is 1. The van der Waals surface area contributed by atoms with Gasteiger partial charge in [-0.25, -0.2) is 0 Å². The van der Waals surface area contributed by atoms with E-state index in [0.29, 0.717) is 11.3 Å². The Bertz CT molecular complexity index is 1160. The van der Waals surface area contributed by atoms with Gasteiger partial charge < -0.3 is 14.0 Å². The number of carbonyl (C=O) groups is 2. The van der Waals surface area contributed by atoms with Crippen LogP contribution in [-0.4, -0.2) is 35.1 Å². The highest BCUT2D eigenvalue weighted by Crippen LogP contribution is 2.27. The number of thiazole rings is 1. The number of para-hydroxylation sites is 2. The van der Waals surface area contributed by atoms with Crippen molar-refractivity contribution in [1.29, 1.82) is 0 Å². The first-order valence-corrected chi connectivity index (χ1v) is 9.42. The fourth-order valence-electron chi connectivity index (χ4n) is 2.79. The van der Waals surface area contributed by atoms with Gasteiger partial charge in [-0.05, 0) is 25.1 Å². The molecule has 0 aliphatic carbocycles. The van der Waals surface area contributed by atoms with E-state index in [1.807, 2.05) is 0 Å². The van der Waals surface area contributed by atoms with Crippen molar-refractivity contribution in [2.24, 2.45) is 4.99 Å². The number of ether oxygens (including phenoxy) is 2. The number of fused-ring (bicyclic) bond motifs is 1. The number of aromatic nitrogens is 1. The summed E-state index contributed by atoms with van der Waals surface area (Å²) in [4.78, 5) is 39.7. The number of esters is 1. The number of rotatable bonds is 6. The summed E-state index contributed by atoms with van der Waals surface area (Å²) in [5, 5.41) is 11.2. The summed E-state index contributed by atoms with van der Waals surface area (Å²) in [7, 11) is 1.50. The highest BCUT2D eigenvalue weighted by atomic mass is 32.1. The molecular weight excluding hydrogens is 398 g/mol. The minimum absolute atomic E-state index is 0.135. The third-order valence-electron chi connectivity index (χ3n) is 4.00. The standard InChI is InChI=1S/C19H17N3O6S/c1-3-28-16(23)11-21-17-14(27-2)9-6-10-15(17)29-19(21)20-18(24)12-7-4-5-8-13(12)22(25)26/h4-10H,3,11H2,1-2H3. The molecule has 1 heterocycles. The zero-order valence-electron chi connectivity index (χ0n) is 15.7. The maximum atomic E-state index is 12.7. The second-order valence-corrected chi connectivity index (χ2v) is 6.78. The summed E-state index contributed by atoms with van der Waals surface area (Å²) in [5.41, 5.74) is 0.114. The molecule has 150 valence electrons. The van der Waals surface area contributed by atoms with Crippen LogP contribution in [0, 0.1) is 10.1 Å². The zero-order valence-corrected chi connectivity index (χ0v) is 16.5. The van der Waals surface area contributed by atoms with E-state index in [2.05, 4.69) is 4.99 Å². The highest BCUT2D eigenvalue weighted by molar-refractivity contribution is 7.16. The Morgan fingerprint density at radius 3 is 2.66 bits per heavy atom. The number of hydrogen-bond acceptors (Lipinski definition) is 7. The van der Waals surface area contributed by atoms with Gasteiger partial charge in [-0.1, -0.05) is 29.5 Å². The van der Waals surface area contributed by atoms with Crippen LogP contribution in [0.25, 0.3) is 10.2 Å². The third kappa shape index (κ3) is 4.16. The normalized spacial score (nSPS) is 11.4. The van der Waals surface area contributed by atoms with Gasteiger partial charge in [0.2, 0.25) is 0 Å². The van der Waals surface area contributed by atoms with Crippen LogP contribution in [0.2, 0.25) is 0 Å². The molecule has 0 spiro atoms. The van der Waals surface area contributed by atoms with E-state index >= 15 is 0 Å². The fourth-order valence-corrected chi connectivity index (χ4v) is 3.84. The minimum atomic E-state index is -0.777. The third-order valence-corrected chi connectivity index (χ3v) is 5.05. The maximum absolute atomic E-state index is 12.7. The maximum Gasteiger partial charge on any atom is 0.326 e. The van der Waals surface area contributed by atoms with E-state index in [1.54, 1.807) is 25.1 Å². The van der Waals surface area contributed by atoms with Crippen molar-refractivity contribution in [3.05, 3.63) is 62.9 Å². The Balaban J connectivity index is 2.19. The molecule has 1 aromatic heterocycles. The average molecular weight is 415 g/mol. The van der Waals surface area contributed by atoms with E-state index in [0.717, 1.165) is 4.70 Å². The molecule has 0 aliphatic heterocycles. The number of benzene rings is 2. The molecule has 29 heavy (non-hydrogen) atoms. The molecule has 2 aromatic carbocycles. The lowest BCUT2D eigenvalue weighted by atomic mass is 10.2. The number of carbonyl (C=O) groups excluding carboxylic acids is 2. The first kappa shape index (κ1) is 20.2. The summed E-state index contributed by atoms with van der Waals surface area (Å²) in [6, 6.07) is 10.9. The van der Waals surface area contributed by atoms with Gasteiger partial charge >= 0.3 is 5.97 Å². The van der Waals surface area contributed by atoms with E-state index in [4.69, 9.17) is 9.47 Å². The smallest absolute Gasteiger partial charge is 0.326 e. The lowest BCUT2D eigenvalue weighted by molar-refractivity contribution is -0.385. The number of nitro groups is 1.